The Kier molecular flexibility index (Phi) is 4.10. The number of nitrogens with one attached hydrogen (secondary N) is 2. The zero-order valence-electron chi connectivity index (χ0n) is 13.6. The van der Waals surface area contributed by atoms with Gasteiger partial charge in [-0.15, -0.1) is 0 Å². The minimum atomic E-state index is -0.357. The predicted molar refractivity (Wildman–Crippen MR) is 94.7 cm³/mol. The van der Waals surface area contributed by atoms with Crippen LogP contribution in [0.1, 0.15) is 16.1 Å². The highest BCUT2D eigenvalue weighted by atomic mass is 19.1. The van der Waals surface area contributed by atoms with Gasteiger partial charge in [-0.1, -0.05) is 42.5 Å². The van der Waals surface area contributed by atoms with E-state index >= 15 is 0 Å². The van der Waals surface area contributed by atoms with E-state index in [2.05, 4.69) is 25.5 Å². The molecule has 128 valence electrons. The van der Waals surface area contributed by atoms with Crippen molar-refractivity contribution in [2.75, 3.05) is 0 Å². The Bertz CT molecular complexity index is 1060. The molecule has 0 fully saturated rings. The van der Waals surface area contributed by atoms with Crippen molar-refractivity contribution in [3.8, 4) is 11.3 Å². The number of fused-ring (bicyclic) bond motifs is 1. The van der Waals surface area contributed by atoms with Crippen LogP contribution in [0.5, 0.6) is 0 Å². The highest BCUT2D eigenvalue weighted by Gasteiger charge is 2.14. The number of aromatic nitrogens is 4. The van der Waals surface area contributed by atoms with Gasteiger partial charge in [0.05, 0.1) is 11.9 Å². The predicted octanol–water partition coefficient (Wildman–Crippen LogP) is 3.09. The van der Waals surface area contributed by atoms with E-state index in [1.165, 1.54) is 18.3 Å². The first-order valence-corrected chi connectivity index (χ1v) is 8.00. The van der Waals surface area contributed by atoms with E-state index in [1.54, 1.807) is 12.1 Å². The summed E-state index contributed by atoms with van der Waals surface area (Å²) in [4.78, 5) is 21.0. The van der Waals surface area contributed by atoms with E-state index < -0.39 is 0 Å². The lowest BCUT2D eigenvalue weighted by Crippen LogP contribution is -2.24. The largest absolute Gasteiger partial charge is 0.347 e. The number of H-pyrrole nitrogens is 1. The van der Waals surface area contributed by atoms with Crippen LogP contribution in [0.3, 0.4) is 0 Å². The molecule has 0 aliphatic heterocycles. The molecule has 2 aromatic carbocycles. The van der Waals surface area contributed by atoms with Crippen LogP contribution in [-0.2, 0) is 6.54 Å². The van der Waals surface area contributed by atoms with Crippen LogP contribution >= 0.6 is 0 Å². The van der Waals surface area contributed by atoms with Crippen molar-refractivity contribution in [2.45, 2.75) is 6.54 Å². The number of nitrogens with zero attached hydrogens (tertiary/aromatic N) is 3. The van der Waals surface area contributed by atoms with E-state index in [0.29, 0.717) is 16.9 Å². The van der Waals surface area contributed by atoms with Gasteiger partial charge >= 0.3 is 0 Å². The fourth-order valence-corrected chi connectivity index (χ4v) is 2.58. The molecule has 0 aliphatic carbocycles. The van der Waals surface area contributed by atoms with Crippen LogP contribution < -0.4 is 5.32 Å². The highest BCUT2D eigenvalue weighted by molar-refractivity contribution is 5.95. The van der Waals surface area contributed by atoms with Gasteiger partial charge in [0.25, 0.3) is 5.91 Å². The van der Waals surface area contributed by atoms with Crippen molar-refractivity contribution in [3.05, 3.63) is 77.9 Å². The second-order valence-electron chi connectivity index (χ2n) is 5.70. The smallest absolute Gasteiger partial charge is 0.271 e. The monoisotopic (exact) mass is 347 g/mol. The lowest BCUT2D eigenvalue weighted by Gasteiger charge is -2.05. The first-order valence-electron chi connectivity index (χ1n) is 8.00. The Balaban J connectivity index is 1.58. The van der Waals surface area contributed by atoms with E-state index in [4.69, 9.17) is 0 Å². The maximum absolute atomic E-state index is 12.9. The third-order valence-electron chi connectivity index (χ3n) is 3.93. The van der Waals surface area contributed by atoms with E-state index in [0.717, 1.165) is 11.1 Å². The van der Waals surface area contributed by atoms with Gasteiger partial charge in [0.1, 0.15) is 17.0 Å². The van der Waals surface area contributed by atoms with Gasteiger partial charge in [-0.2, -0.15) is 5.10 Å². The third-order valence-corrected chi connectivity index (χ3v) is 3.93. The van der Waals surface area contributed by atoms with Crippen LogP contribution in [0.15, 0.2) is 60.8 Å². The molecule has 2 aromatic heterocycles. The number of halogens is 1. The average Bonchev–Trinajstić information content (AvgIpc) is 3.11. The van der Waals surface area contributed by atoms with Gasteiger partial charge in [0.15, 0.2) is 5.65 Å². The molecule has 0 radical (unpaired) electrons. The second kappa shape index (κ2) is 6.72. The number of carbonyl (C=O) groups is 1. The zero-order chi connectivity index (χ0) is 17.9. The normalized spacial score (nSPS) is 10.8. The van der Waals surface area contributed by atoms with Crippen LogP contribution in [0.2, 0.25) is 0 Å². The SMILES string of the molecule is O=C(NCc1ccc(F)cc1)c1cnc2n[nH]c(-c3ccccc3)c2n1. The molecule has 0 saturated heterocycles. The molecule has 4 aromatic rings. The molecule has 4 rings (SSSR count). The third kappa shape index (κ3) is 3.14. The molecule has 7 heteroatoms. The van der Waals surface area contributed by atoms with E-state index in [9.17, 15) is 9.18 Å². The Morgan fingerprint density at radius 1 is 1.08 bits per heavy atom. The average molecular weight is 347 g/mol. The van der Waals surface area contributed by atoms with Crippen molar-refractivity contribution >= 4 is 17.1 Å². The molecule has 0 saturated carbocycles. The number of benzene rings is 2. The molecular weight excluding hydrogens is 333 g/mol. The molecule has 6 nitrogen and oxygen atoms in total. The first kappa shape index (κ1) is 15.9. The van der Waals surface area contributed by atoms with Gasteiger partial charge in [-0.3, -0.25) is 9.89 Å². The number of hydrogen-bond donors (Lipinski definition) is 2. The summed E-state index contributed by atoms with van der Waals surface area (Å²) in [5.41, 5.74) is 3.58. The molecular formula is C19H14FN5O. The quantitative estimate of drug-likeness (QED) is 0.594. The summed E-state index contributed by atoms with van der Waals surface area (Å²) in [5.74, 6) is -0.672. The maximum atomic E-state index is 12.9. The van der Waals surface area contributed by atoms with Gasteiger partial charge in [-0.25, -0.2) is 14.4 Å². The molecule has 0 bridgehead atoms. The van der Waals surface area contributed by atoms with Gasteiger partial charge in [0.2, 0.25) is 0 Å². The van der Waals surface area contributed by atoms with Crippen molar-refractivity contribution in [2.24, 2.45) is 0 Å². The number of amides is 1. The summed E-state index contributed by atoms with van der Waals surface area (Å²) < 4.78 is 12.9. The summed E-state index contributed by atoms with van der Waals surface area (Å²) in [5, 5.41) is 9.80. The number of hydrogen-bond acceptors (Lipinski definition) is 4. The molecule has 2 heterocycles. The number of aromatic amines is 1. The number of rotatable bonds is 4. The highest BCUT2D eigenvalue weighted by Crippen LogP contribution is 2.23. The van der Waals surface area contributed by atoms with Crippen molar-refractivity contribution in [3.63, 3.8) is 0 Å². The van der Waals surface area contributed by atoms with Gasteiger partial charge in [0, 0.05) is 12.1 Å². The Labute approximate surface area is 148 Å². The van der Waals surface area contributed by atoms with Crippen molar-refractivity contribution in [1.29, 1.82) is 0 Å². The summed E-state index contributed by atoms with van der Waals surface area (Å²) >= 11 is 0. The Morgan fingerprint density at radius 2 is 1.85 bits per heavy atom. The molecule has 0 aliphatic rings. The molecule has 2 N–H and O–H groups in total. The molecule has 1 amide bonds. The summed E-state index contributed by atoms with van der Waals surface area (Å²) in [6, 6.07) is 15.5. The fraction of sp³-hybridized carbons (Fsp3) is 0.0526. The van der Waals surface area contributed by atoms with Gasteiger partial charge < -0.3 is 5.32 Å². The number of carbonyl (C=O) groups excluding carboxylic acids is 1. The standard InChI is InChI=1S/C19H14FN5O/c20-14-8-6-12(7-9-14)10-22-19(26)15-11-21-18-17(23-15)16(24-25-18)13-4-2-1-3-5-13/h1-9,11H,10H2,(H,22,26)(H,21,24,25). The lowest BCUT2D eigenvalue weighted by atomic mass is 10.1. The van der Waals surface area contributed by atoms with Crippen LogP contribution in [0, 0.1) is 5.82 Å². The van der Waals surface area contributed by atoms with E-state index in [1.807, 2.05) is 30.3 Å². The topological polar surface area (TPSA) is 83.6 Å². The summed E-state index contributed by atoms with van der Waals surface area (Å²) in [6.45, 7) is 0.274. The molecule has 0 atom stereocenters. The summed E-state index contributed by atoms with van der Waals surface area (Å²) in [7, 11) is 0. The van der Waals surface area contributed by atoms with Gasteiger partial charge in [-0.05, 0) is 17.7 Å². The minimum absolute atomic E-state index is 0.193. The molecule has 26 heavy (non-hydrogen) atoms. The van der Waals surface area contributed by atoms with Crippen molar-refractivity contribution in [1.82, 2.24) is 25.5 Å². The van der Waals surface area contributed by atoms with Crippen LogP contribution in [-0.4, -0.2) is 26.1 Å². The minimum Gasteiger partial charge on any atom is -0.347 e. The maximum Gasteiger partial charge on any atom is 0.271 e. The molecule has 0 spiro atoms. The summed E-state index contributed by atoms with van der Waals surface area (Å²) in [6.07, 6.45) is 1.39. The Morgan fingerprint density at radius 3 is 2.62 bits per heavy atom. The van der Waals surface area contributed by atoms with E-state index in [-0.39, 0.29) is 24.0 Å². The fourth-order valence-electron chi connectivity index (χ4n) is 2.58. The van der Waals surface area contributed by atoms with Crippen LogP contribution in [0.4, 0.5) is 4.39 Å². The van der Waals surface area contributed by atoms with Crippen LogP contribution in [0.25, 0.3) is 22.4 Å². The lowest BCUT2D eigenvalue weighted by molar-refractivity contribution is 0.0946. The second-order valence-corrected chi connectivity index (χ2v) is 5.70. The van der Waals surface area contributed by atoms with Crippen molar-refractivity contribution < 1.29 is 9.18 Å². The zero-order valence-corrected chi connectivity index (χ0v) is 13.6. The molecule has 0 unspecified atom stereocenters. The first-order chi connectivity index (χ1) is 12.7. The Hall–Kier alpha value is -3.61.